The Kier molecular flexibility index (Phi) is 4.57. The van der Waals surface area contributed by atoms with Crippen LogP contribution in [0.2, 0.25) is 0 Å². The molecule has 122 valence electrons. The van der Waals surface area contributed by atoms with Gasteiger partial charge in [0.1, 0.15) is 6.33 Å². The van der Waals surface area contributed by atoms with Gasteiger partial charge in [-0.2, -0.15) is 9.78 Å². The molecule has 0 saturated carbocycles. The zero-order valence-electron chi connectivity index (χ0n) is 13.5. The lowest BCUT2D eigenvalue weighted by Crippen LogP contribution is -1.93. The van der Waals surface area contributed by atoms with Gasteiger partial charge in [0.25, 0.3) is 0 Å². The summed E-state index contributed by atoms with van der Waals surface area (Å²) in [6.07, 6.45) is 3.49. The van der Waals surface area contributed by atoms with Crippen molar-refractivity contribution in [2.75, 3.05) is 0 Å². The molecular weight excluding hydrogens is 328 g/mol. The van der Waals surface area contributed by atoms with Gasteiger partial charge in [0.05, 0.1) is 6.21 Å². The van der Waals surface area contributed by atoms with E-state index in [1.54, 1.807) is 22.8 Å². The van der Waals surface area contributed by atoms with E-state index in [1.807, 2.05) is 42.6 Å². The topological polar surface area (TPSA) is 43.1 Å². The lowest BCUT2D eigenvalue weighted by Gasteiger charge is -2.03. The predicted molar refractivity (Wildman–Crippen MR) is 103 cm³/mol. The minimum atomic E-state index is 0.778. The molecule has 4 rings (SSSR count). The summed E-state index contributed by atoms with van der Waals surface area (Å²) in [6, 6.07) is 24.8. The molecule has 0 atom stereocenters. The fourth-order valence-corrected chi connectivity index (χ4v) is 3.42. The van der Waals surface area contributed by atoms with Crippen LogP contribution in [-0.4, -0.2) is 21.1 Å². The molecule has 0 bridgehead atoms. The number of hydrogen-bond acceptors (Lipinski definition) is 4. The van der Waals surface area contributed by atoms with Crippen LogP contribution in [0, 0.1) is 0 Å². The normalized spacial score (nSPS) is 11.4. The summed E-state index contributed by atoms with van der Waals surface area (Å²) < 4.78 is 1.72. The highest BCUT2D eigenvalue weighted by molar-refractivity contribution is 7.98. The van der Waals surface area contributed by atoms with Gasteiger partial charge in [-0.15, -0.1) is 10.2 Å². The second-order valence-electron chi connectivity index (χ2n) is 5.55. The summed E-state index contributed by atoms with van der Waals surface area (Å²) in [4.78, 5) is 0. The number of rotatable bonds is 5. The van der Waals surface area contributed by atoms with Crippen LogP contribution in [0.1, 0.15) is 11.1 Å². The highest BCUT2D eigenvalue weighted by Gasteiger charge is 2.05. The Labute approximate surface area is 150 Å². The number of hydrogen-bond donors (Lipinski definition) is 0. The maximum absolute atomic E-state index is 4.54. The van der Waals surface area contributed by atoms with Crippen LogP contribution in [0.25, 0.3) is 10.8 Å². The molecule has 0 amide bonds. The second-order valence-corrected chi connectivity index (χ2v) is 6.49. The van der Waals surface area contributed by atoms with Crippen molar-refractivity contribution in [3.8, 4) is 0 Å². The van der Waals surface area contributed by atoms with Crippen LogP contribution < -0.4 is 0 Å². The van der Waals surface area contributed by atoms with Crippen molar-refractivity contribution in [3.63, 3.8) is 0 Å². The molecule has 0 radical (unpaired) electrons. The summed E-state index contributed by atoms with van der Waals surface area (Å²) in [5.41, 5.74) is 2.32. The quantitative estimate of drug-likeness (QED) is 0.392. The smallest absolute Gasteiger partial charge is 0.195 e. The molecule has 0 spiro atoms. The molecule has 4 nitrogen and oxygen atoms in total. The van der Waals surface area contributed by atoms with E-state index >= 15 is 0 Å². The second kappa shape index (κ2) is 7.32. The third-order valence-corrected chi connectivity index (χ3v) is 4.86. The first-order valence-corrected chi connectivity index (χ1v) is 8.97. The molecule has 1 heterocycles. The average molecular weight is 344 g/mol. The van der Waals surface area contributed by atoms with Gasteiger partial charge in [0.15, 0.2) is 0 Å². The number of benzene rings is 3. The van der Waals surface area contributed by atoms with Crippen molar-refractivity contribution >= 4 is 28.7 Å². The van der Waals surface area contributed by atoms with Gasteiger partial charge < -0.3 is 0 Å². The number of fused-ring (bicyclic) bond motifs is 1. The Hall–Kier alpha value is -2.92. The molecule has 0 aliphatic carbocycles. The first-order chi connectivity index (χ1) is 12.4. The number of thioether (sulfide) groups is 1. The maximum atomic E-state index is 4.54. The molecule has 0 N–H and O–H groups in total. The summed E-state index contributed by atoms with van der Waals surface area (Å²) in [6.45, 7) is 0. The molecule has 0 aliphatic heterocycles. The molecule has 1 aromatic heterocycles. The third-order valence-electron chi connectivity index (χ3n) is 3.86. The molecule has 0 unspecified atom stereocenters. The number of aromatic nitrogens is 3. The molecule has 0 aliphatic rings. The zero-order chi connectivity index (χ0) is 16.9. The van der Waals surface area contributed by atoms with Crippen LogP contribution in [-0.2, 0) is 5.75 Å². The fraction of sp³-hybridized carbons (Fsp3) is 0.0500. The van der Waals surface area contributed by atoms with E-state index < -0.39 is 0 Å². The summed E-state index contributed by atoms with van der Waals surface area (Å²) in [7, 11) is 0. The molecular formula is C20H16N4S. The van der Waals surface area contributed by atoms with E-state index in [2.05, 4.69) is 51.7 Å². The summed E-state index contributed by atoms with van der Waals surface area (Å²) in [5.74, 6) is 0.837. The Morgan fingerprint density at radius 2 is 1.72 bits per heavy atom. The molecule has 25 heavy (non-hydrogen) atoms. The van der Waals surface area contributed by atoms with Gasteiger partial charge in [0, 0.05) is 11.3 Å². The van der Waals surface area contributed by atoms with Crippen molar-refractivity contribution in [3.05, 3.63) is 90.3 Å². The Morgan fingerprint density at radius 3 is 2.64 bits per heavy atom. The van der Waals surface area contributed by atoms with Crippen molar-refractivity contribution in [1.82, 2.24) is 14.9 Å². The van der Waals surface area contributed by atoms with Crippen LogP contribution in [0.4, 0.5) is 0 Å². The van der Waals surface area contributed by atoms with E-state index in [0.717, 1.165) is 16.5 Å². The lowest BCUT2D eigenvalue weighted by molar-refractivity contribution is 0.767. The van der Waals surface area contributed by atoms with Crippen molar-refractivity contribution < 1.29 is 0 Å². The van der Waals surface area contributed by atoms with Crippen LogP contribution in [0.15, 0.2) is 89.4 Å². The maximum Gasteiger partial charge on any atom is 0.212 e. The van der Waals surface area contributed by atoms with E-state index in [0.29, 0.717) is 0 Å². The predicted octanol–water partition coefficient (Wildman–Crippen LogP) is 4.61. The Bertz CT molecular complexity index is 1000. The van der Waals surface area contributed by atoms with E-state index in [-0.39, 0.29) is 0 Å². The third kappa shape index (κ3) is 3.61. The molecule has 3 aromatic carbocycles. The van der Waals surface area contributed by atoms with Crippen molar-refractivity contribution in [1.29, 1.82) is 0 Å². The molecule has 4 aromatic rings. The van der Waals surface area contributed by atoms with Gasteiger partial charge in [-0.25, -0.2) is 0 Å². The Morgan fingerprint density at radius 1 is 0.920 bits per heavy atom. The fourth-order valence-electron chi connectivity index (χ4n) is 2.60. The highest BCUT2D eigenvalue weighted by atomic mass is 32.2. The van der Waals surface area contributed by atoms with E-state index in [1.165, 1.54) is 16.3 Å². The zero-order valence-corrected chi connectivity index (χ0v) is 14.3. The van der Waals surface area contributed by atoms with Crippen LogP contribution in [0.3, 0.4) is 0 Å². The number of nitrogens with zero attached hydrogens (tertiary/aromatic N) is 4. The van der Waals surface area contributed by atoms with Gasteiger partial charge >= 0.3 is 0 Å². The summed E-state index contributed by atoms with van der Waals surface area (Å²) >= 11 is 1.62. The van der Waals surface area contributed by atoms with E-state index in [9.17, 15) is 0 Å². The van der Waals surface area contributed by atoms with Crippen LogP contribution >= 0.6 is 11.8 Å². The summed E-state index contributed by atoms with van der Waals surface area (Å²) in [5, 5.41) is 15.9. The highest BCUT2D eigenvalue weighted by Crippen LogP contribution is 2.21. The van der Waals surface area contributed by atoms with Gasteiger partial charge in [-0.3, -0.25) is 0 Å². The van der Waals surface area contributed by atoms with Crippen LogP contribution in [0.5, 0.6) is 0 Å². The first kappa shape index (κ1) is 15.6. The van der Waals surface area contributed by atoms with Crippen molar-refractivity contribution in [2.24, 2.45) is 5.10 Å². The largest absolute Gasteiger partial charge is 0.212 e. The molecule has 0 fully saturated rings. The average Bonchev–Trinajstić information content (AvgIpc) is 3.13. The molecule has 5 heteroatoms. The van der Waals surface area contributed by atoms with Gasteiger partial charge in [0.2, 0.25) is 5.16 Å². The minimum absolute atomic E-state index is 0.778. The minimum Gasteiger partial charge on any atom is -0.195 e. The SMILES string of the molecule is C(=N\n1cnnc1SCc1ccccc1)/c1cccc2ccccc12. The standard InChI is InChI=1S/C20H16N4S/c1-2-7-16(8-3-1)14-25-20-23-21-15-24(20)22-13-18-11-6-10-17-9-4-5-12-19(17)18/h1-13,15H,14H2/b22-13+. The van der Waals surface area contributed by atoms with Gasteiger partial charge in [-0.1, -0.05) is 84.6 Å². The van der Waals surface area contributed by atoms with Gasteiger partial charge in [-0.05, 0) is 16.3 Å². The Balaban J connectivity index is 1.55. The lowest BCUT2D eigenvalue weighted by atomic mass is 10.1. The van der Waals surface area contributed by atoms with E-state index in [4.69, 9.17) is 0 Å². The molecule has 0 saturated heterocycles. The van der Waals surface area contributed by atoms with Crippen molar-refractivity contribution in [2.45, 2.75) is 10.9 Å². The first-order valence-electron chi connectivity index (χ1n) is 7.99. The monoisotopic (exact) mass is 344 g/mol.